The van der Waals surface area contributed by atoms with E-state index in [1.54, 1.807) is 19.1 Å². The van der Waals surface area contributed by atoms with E-state index in [1.165, 1.54) is 12.1 Å². The predicted molar refractivity (Wildman–Crippen MR) is 69.3 cm³/mol. The topological polar surface area (TPSA) is 51.8 Å². The van der Waals surface area contributed by atoms with E-state index in [4.69, 9.17) is 5.73 Å². The van der Waals surface area contributed by atoms with E-state index in [0.29, 0.717) is 27.4 Å². The van der Waals surface area contributed by atoms with Gasteiger partial charge in [0, 0.05) is 11.1 Å². The predicted octanol–water partition coefficient (Wildman–Crippen LogP) is 3.73. The Labute approximate surface area is 111 Å². The number of anilines is 1. The fourth-order valence-corrected chi connectivity index (χ4v) is 1.70. The molecule has 18 heavy (non-hydrogen) atoms. The van der Waals surface area contributed by atoms with Gasteiger partial charge in [0.2, 0.25) is 0 Å². The highest BCUT2D eigenvalue weighted by atomic mass is 79.9. The molecule has 1 aromatic heterocycles. The van der Waals surface area contributed by atoms with E-state index in [2.05, 4.69) is 25.9 Å². The Morgan fingerprint density at radius 1 is 1.28 bits per heavy atom. The Hall–Kier alpha value is -1.56. The van der Waals surface area contributed by atoms with Crippen LogP contribution in [0.3, 0.4) is 0 Å². The highest BCUT2D eigenvalue weighted by Crippen LogP contribution is 2.27. The summed E-state index contributed by atoms with van der Waals surface area (Å²) in [6, 6.07) is 5.96. The molecule has 0 amide bonds. The minimum Gasteiger partial charge on any atom is -0.383 e. The second-order valence-electron chi connectivity index (χ2n) is 3.76. The standard InChI is InChI=1S/C12H10BrF2N3/c1-6-9(13)11(16)18-12(17-6)8-4-2-3-7(5-8)10(14)15/h2-5,10H,1H3,(H2,16,17,18). The summed E-state index contributed by atoms with van der Waals surface area (Å²) < 4.78 is 25.8. The van der Waals surface area contributed by atoms with Crippen LogP contribution >= 0.6 is 15.9 Å². The number of nitrogens with zero attached hydrogens (tertiary/aromatic N) is 2. The Morgan fingerprint density at radius 2 is 2.00 bits per heavy atom. The average molecular weight is 314 g/mol. The third kappa shape index (κ3) is 2.48. The van der Waals surface area contributed by atoms with Gasteiger partial charge in [-0.15, -0.1) is 0 Å². The summed E-state index contributed by atoms with van der Waals surface area (Å²) in [6.45, 7) is 1.77. The summed E-state index contributed by atoms with van der Waals surface area (Å²) in [5.41, 5.74) is 6.84. The summed E-state index contributed by atoms with van der Waals surface area (Å²) in [5.74, 6) is 0.635. The highest BCUT2D eigenvalue weighted by Gasteiger charge is 2.11. The number of halogens is 3. The van der Waals surface area contributed by atoms with Gasteiger partial charge in [0.05, 0.1) is 10.2 Å². The highest BCUT2D eigenvalue weighted by molar-refractivity contribution is 9.10. The van der Waals surface area contributed by atoms with Gasteiger partial charge in [-0.25, -0.2) is 18.7 Å². The van der Waals surface area contributed by atoms with E-state index in [0.717, 1.165) is 0 Å². The van der Waals surface area contributed by atoms with Gasteiger partial charge in [0.25, 0.3) is 6.43 Å². The first-order chi connectivity index (χ1) is 8.49. The molecule has 2 N–H and O–H groups in total. The van der Waals surface area contributed by atoms with E-state index < -0.39 is 6.43 Å². The van der Waals surface area contributed by atoms with Gasteiger partial charge in [-0.05, 0) is 28.9 Å². The van der Waals surface area contributed by atoms with Gasteiger partial charge in [-0.3, -0.25) is 0 Å². The van der Waals surface area contributed by atoms with Gasteiger partial charge in [-0.2, -0.15) is 0 Å². The second-order valence-corrected chi connectivity index (χ2v) is 4.55. The van der Waals surface area contributed by atoms with E-state index in [1.807, 2.05) is 0 Å². The summed E-state index contributed by atoms with van der Waals surface area (Å²) in [6.07, 6.45) is -2.51. The molecule has 0 saturated carbocycles. The molecule has 0 spiro atoms. The first kappa shape index (κ1) is 12.9. The lowest BCUT2D eigenvalue weighted by molar-refractivity contribution is 0.151. The largest absolute Gasteiger partial charge is 0.383 e. The maximum Gasteiger partial charge on any atom is 0.263 e. The van der Waals surface area contributed by atoms with Crippen LogP contribution in [0.25, 0.3) is 11.4 Å². The maximum absolute atomic E-state index is 12.6. The molecule has 1 heterocycles. The summed E-state index contributed by atoms with van der Waals surface area (Å²) in [4.78, 5) is 8.30. The van der Waals surface area contributed by atoms with Crippen molar-refractivity contribution in [1.82, 2.24) is 9.97 Å². The molecular weight excluding hydrogens is 304 g/mol. The quantitative estimate of drug-likeness (QED) is 0.919. The first-order valence-electron chi connectivity index (χ1n) is 5.17. The molecule has 0 aliphatic rings. The minimum atomic E-state index is -2.51. The van der Waals surface area contributed by atoms with Crippen molar-refractivity contribution in [2.45, 2.75) is 13.3 Å². The first-order valence-corrected chi connectivity index (χ1v) is 5.96. The number of hydrogen-bond donors (Lipinski definition) is 1. The molecule has 0 fully saturated rings. The molecule has 3 nitrogen and oxygen atoms in total. The monoisotopic (exact) mass is 313 g/mol. The molecule has 2 aromatic rings. The van der Waals surface area contributed by atoms with Gasteiger partial charge in [0.15, 0.2) is 5.82 Å². The number of nitrogen functional groups attached to an aromatic ring is 1. The third-order valence-corrected chi connectivity index (χ3v) is 3.42. The van der Waals surface area contributed by atoms with Crippen LogP contribution in [0.4, 0.5) is 14.6 Å². The molecule has 0 radical (unpaired) electrons. The van der Waals surface area contributed by atoms with Crippen molar-refractivity contribution in [2.75, 3.05) is 5.73 Å². The molecule has 0 atom stereocenters. The fourth-order valence-electron chi connectivity index (χ4n) is 1.52. The number of benzene rings is 1. The zero-order valence-corrected chi connectivity index (χ0v) is 11.1. The van der Waals surface area contributed by atoms with Gasteiger partial charge in [-0.1, -0.05) is 18.2 Å². The van der Waals surface area contributed by atoms with Crippen molar-refractivity contribution in [3.63, 3.8) is 0 Å². The van der Waals surface area contributed by atoms with E-state index in [9.17, 15) is 8.78 Å². The third-order valence-electron chi connectivity index (χ3n) is 2.44. The molecule has 0 aliphatic carbocycles. The van der Waals surface area contributed by atoms with Crippen LogP contribution in [0.15, 0.2) is 28.7 Å². The zero-order valence-electron chi connectivity index (χ0n) is 9.49. The van der Waals surface area contributed by atoms with Crippen LogP contribution in [-0.4, -0.2) is 9.97 Å². The van der Waals surface area contributed by atoms with Gasteiger partial charge < -0.3 is 5.73 Å². The minimum absolute atomic E-state index is 0.0600. The van der Waals surface area contributed by atoms with E-state index in [-0.39, 0.29) is 5.56 Å². The Bertz CT molecular complexity index is 564. The zero-order chi connectivity index (χ0) is 13.3. The summed E-state index contributed by atoms with van der Waals surface area (Å²) >= 11 is 3.25. The lowest BCUT2D eigenvalue weighted by Gasteiger charge is -2.07. The lowest BCUT2D eigenvalue weighted by Crippen LogP contribution is -2.00. The van der Waals surface area contributed by atoms with Crippen molar-refractivity contribution in [1.29, 1.82) is 0 Å². The van der Waals surface area contributed by atoms with Crippen molar-refractivity contribution in [2.24, 2.45) is 0 Å². The molecule has 0 aliphatic heterocycles. The van der Waals surface area contributed by atoms with Gasteiger partial charge >= 0.3 is 0 Å². The fraction of sp³-hybridized carbons (Fsp3) is 0.167. The molecule has 94 valence electrons. The normalized spacial score (nSPS) is 10.9. The second kappa shape index (κ2) is 4.97. The van der Waals surface area contributed by atoms with Crippen LogP contribution in [0.5, 0.6) is 0 Å². The van der Waals surface area contributed by atoms with Crippen LogP contribution in [0, 0.1) is 6.92 Å². The molecule has 6 heteroatoms. The SMILES string of the molecule is Cc1nc(-c2cccc(C(F)F)c2)nc(N)c1Br. The smallest absolute Gasteiger partial charge is 0.263 e. The van der Waals surface area contributed by atoms with Crippen LogP contribution < -0.4 is 5.73 Å². The number of aromatic nitrogens is 2. The lowest BCUT2D eigenvalue weighted by atomic mass is 10.1. The van der Waals surface area contributed by atoms with Crippen molar-refractivity contribution in [3.05, 3.63) is 40.0 Å². The summed E-state index contributed by atoms with van der Waals surface area (Å²) in [7, 11) is 0. The van der Waals surface area contributed by atoms with Gasteiger partial charge in [0.1, 0.15) is 5.82 Å². The molecule has 1 aromatic carbocycles. The number of hydrogen-bond acceptors (Lipinski definition) is 3. The maximum atomic E-state index is 12.6. The van der Waals surface area contributed by atoms with E-state index >= 15 is 0 Å². The Kier molecular flexibility index (Phi) is 3.56. The van der Waals surface area contributed by atoms with Crippen molar-refractivity contribution >= 4 is 21.7 Å². The molecule has 0 bridgehead atoms. The Balaban J connectivity index is 2.52. The number of nitrogens with two attached hydrogens (primary N) is 1. The Morgan fingerprint density at radius 3 is 2.61 bits per heavy atom. The molecule has 0 saturated heterocycles. The van der Waals surface area contributed by atoms with Crippen LogP contribution in [0.2, 0.25) is 0 Å². The average Bonchev–Trinajstić information content (AvgIpc) is 2.35. The molecular formula is C12H10BrF2N3. The number of rotatable bonds is 2. The summed E-state index contributed by atoms with van der Waals surface area (Å²) in [5, 5.41) is 0. The van der Waals surface area contributed by atoms with Crippen LogP contribution in [0.1, 0.15) is 17.7 Å². The molecule has 2 rings (SSSR count). The number of alkyl halides is 2. The molecule has 0 unspecified atom stereocenters. The van der Waals surface area contributed by atoms with Crippen molar-refractivity contribution in [3.8, 4) is 11.4 Å². The van der Waals surface area contributed by atoms with Crippen LogP contribution in [-0.2, 0) is 0 Å². The number of aryl methyl sites for hydroxylation is 1. The van der Waals surface area contributed by atoms with Crippen molar-refractivity contribution < 1.29 is 8.78 Å².